The standard InChI is InChI=1S/C12H17NO2/c1-10-6-4-5-7-11(10)8-13(2)9-12(14)15-3/h4-7H,8-9H2,1-3H3. The third-order valence-electron chi connectivity index (χ3n) is 2.33. The van der Waals surface area contributed by atoms with Crippen molar-refractivity contribution in [2.24, 2.45) is 0 Å². The molecule has 1 rings (SSSR count). The number of carbonyl (C=O) groups is 1. The molecular weight excluding hydrogens is 190 g/mol. The molecule has 0 N–H and O–H groups in total. The molecule has 0 saturated heterocycles. The van der Waals surface area contributed by atoms with Crippen LogP contribution in [0.1, 0.15) is 11.1 Å². The van der Waals surface area contributed by atoms with E-state index in [4.69, 9.17) is 0 Å². The molecule has 0 radical (unpaired) electrons. The van der Waals surface area contributed by atoms with Crippen molar-refractivity contribution < 1.29 is 9.53 Å². The molecule has 3 heteroatoms. The maximum absolute atomic E-state index is 11.0. The van der Waals surface area contributed by atoms with Gasteiger partial charge >= 0.3 is 5.97 Å². The molecule has 0 heterocycles. The Morgan fingerprint density at radius 1 is 1.40 bits per heavy atom. The van der Waals surface area contributed by atoms with Crippen molar-refractivity contribution in [3.05, 3.63) is 35.4 Å². The molecule has 0 saturated carbocycles. The minimum Gasteiger partial charge on any atom is -0.468 e. The number of likely N-dealkylation sites (N-methyl/N-ethyl adjacent to an activating group) is 1. The average molecular weight is 207 g/mol. The van der Waals surface area contributed by atoms with Crippen molar-refractivity contribution in [3.8, 4) is 0 Å². The van der Waals surface area contributed by atoms with Crippen molar-refractivity contribution in [1.29, 1.82) is 0 Å². The number of benzene rings is 1. The van der Waals surface area contributed by atoms with Crippen LogP contribution in [0.3, 0.4) is 0 Å². The first-order chi connectivity index (χ1) is 7.13. The Hall–Kier alpha value is -1.35. The van der Waals surface area contributed by atoms with Gasteiger partial charge in [0.05, 0.1) is 13.7 Å². The fraction of sp³-hybridized carbons (Fsp3) is 0.417. The summed E-state index contributed by atoms with van der Waals surface area (Å²) in [6.45, 7) is 3.16. The molecule has 0 amide bonds. The Kier molecular flexibility index (Phi) is 4.31. The lowest BCUT2D eigenvalue weighted by Gasteiger charge is -2.16. The summed E-state index contributed by atoms with van der Waals surface area (Å²) in [7, 11) is 3.31. The lowest BCUT2D eigenvalue weighted by molar-refractivity contribution is -0.141. The SMILES string of the molecule is COC(=O)CN(C)Cc1ccccc1C. The summed E-state index contributed by atoms with van der Waals surface area (Å²) in [5.41, 5.74) is 2.48. The number of rotatable bonds is 4. The highest BCUT2D eigenvalue weighted by atomic mass is 16.5. The zero-order valence-corrected chi connectivity index (χ0v) is 9.49. The monoisotopic (exact) mass is 207 g/mol. The van der Waals surface area contributed by atoms with Crippen LogP contribution in [0.15, 0.2) is 24.3 Å². The van der Waals surface area contributed by atoms with E-state index in [9.17, 15) is 4.79 Å². The number of methoxy groups -OCH3 is 1. The lowest BCUT2D eigenvalue weighted by atomic mass is 10.1. The van der Waals surface area contributed by atoms with E-state index in [0.29, 0.717) is 6.54 Å². The maximum Gasteiger partial charge on any atom is 0.319 e. The van der Waals surface area contributed by atoms with Crippen molar-refractivity contribution in [2.45, 2.75) is 13.5 Å². The highest BCUT2D eigenvalue weighted by Gasteiger charge is 2.07. The van der Waals surface area contributed by atoms with Crippen LogP contribution >= 0.6 is 0 Å². The fourth-order valence-electron chi connectivity index (χ4n) is 1.42. The smallest absolute Gasteiger partial charge is 0.319 e. The number of hydrogen-bond acceptors (Lipinski definition) is 3. The van der Waals surface area contributed by atoms with E-state index >= 15 is 0 Å². The highest BCUT2D eigenvalue weighted by Crippen LogP contribution is 2.09. The van der Waals surface area contributed by atoms with Crippen molar-refractivity contribution >= 4 is 5.97 Å². The van der Waals surface area contributed by atoms with E-state index in [1.807, 2.05) is 24.1 Å². The van der Waals surface area contributed by atoms with E-state index in [1.54, 1.807) is 0 Å². The number of ether oxygens (including phenoxy) is 1. The molecule has 1 aromatic rings. The van der Waals surface area contributed by atoms with Gasteiger partial charge in [0.15, 0.2) is 0 Å². The van der Waals surface area contributed by atoms with Gasteiger partial charge in [0.2, 0.25) is 0 Å². The van der Waals surface area contributed by atoms with Gasteiger partial charge in [0.1, 0.15) is 0 Å². The highest BCUT2D eigenvalue weighted by molar-refractivity contribution is 5.71. The minimum atomic E-state index is -0.203. The Balaban J connectivity index is 2.55. The van der Waals surface area contributed by atoms with Gasteiger partial charge in [-0.2, -0.15) is 0 Å². The van der Waals surface area contributed by atoms with Crippen LogP contribution in [0.4, 0.5) is 0 Å². The number of nitrogens with zero attached hydrogens (tertiary/aromatic N) is 1. The summed E-state index contributed by atoms with van der Waals surface area (Å²) in [5, 5.41) is 0. The van der Waals surface area contributed by atoms with Crippen LogP contribution in [-0.4, -0.2) is 31.6 Å². The molecule has 0 aliphatic heterocycles. The van der Waals surface area contributed by atoms with Gasteiger partial charge in [-0.3, -0.25) is 9.69 Å². The predicted molar refractivity (Wildman–Crippen MR) is 59.5 cm³/mol. The van der Waals surface area contributed by atoms with Gasteiger partial charge < -0.3 is 4.74 Å². The minimum absolute atomic E-state index is 0.203. The first-order valence-corrected chi connectivity index (χ1v) is 4.93. The molecule has 0 atom stereocenters. The zero-order chi connectivity index (χ0) is 11.3. The van der Waals surface area contributed by atoms with Gasteiger partial charge in [-0.1, -0.05) is 24.3 Å². The molecule has 0 aliphatic carbocycles. The number of hydrogen-bond donors (Lipinski definition) is 0. The number of aryl methyl sites for hydroxylation is 1. The van der Waals surface area contributed by atoms with Crippen LogP contribution in [-0.2, 0) is 16.1 Å². The maximum atomic E-state index is 11.0. The van der Waals surface area contributed by atoms with Crippen molar-refractivity contribution in [3.63, 3.8) is 0 Å². The summed E-state index contributed by atoms with van der Waals surface area (Å²) in [6, 6.07) is 8.16. The molecule has 3 nitrogen and oxygen atoms in total. The van der Waals surface area contributed by atoms with E-state index in [2.05, 4.69) is 23.8 Å². The zero-order valence-electron chi connectivity index (χ0n) is 9.49. The van der Waals surface area contributed by atoms with Crippen molar-refractivity contribution in [1.82, 2.24) is 4.90 Å². The molecule has 1 aromatic carbocycles. The fourth-order valence-corrected chi connectivity index (χ4v) is 1.42. The second kappa shape index (κ2) is 5.51. The Labute approximate surface area is 90.7 Å². The van der Waals surface area contributed by atoms with Crippen LogP contribution < -0.4 is 0 Å². The van der Waals surface area contributed by atoms with Gasteiger partial charge in [0, 0.05) is 6.54 Å². The first-order valence-electron chi connectivity index (χ1n) is 4.93. The molecular formula is C12H17NO2. The van der Waals surface area contributed by atoms with Crippen LogP contribution in [0, 0.1) is 6.92 Å². The van der Waals surface area contributed by atoms with E-state index in [-0.39, 0.29) is 5.97 Å². The van der Waals surface area contributed by atoms with Crippen LogP contribution in [0.25, 0.3) is 0 Å². The summed E-state index contributed by atoms with van der Waals surface area (Å²) in [4.78, 5) is 13.0. The summed E-state index contributed by atoms with van der Waals surface area (Å²) < 4.78 is 4.61. The third kappa shape index (κ3) is 3.72. The van der Waals surface area contributed by atoms with Gasteiger partial charge in [-0.15, -0.1) is 0 Å². The largest absolute Gasteiger partial charge is 0.468 e. The van der Waals surface area contributed by atoms with Crippen LogP contribution in [0.5, 0.6) is 0 Å². The molecule has 0 aliphatic rings. The van der Waals surface area contributed by atoms with Gasteiger partial charge in [-0.05, 0) is 25.1 Å². The summed E-state index contributed by atoms with van der Waals surface area (Å²) in [6.07, 6.45) is 0. The Bertz CT molecular complexity index is 336. The predicted octanol–water partition coefficient (Wildman–Crippen LogP) is 1.60. The van der Waals surface area contributed by atoms with Crippen molar-refractivity contribution in [2.75, 3.05) is 20.7 Å². The molecule has 0 bridgehead atoms. The van der Waals surface area contributed by atoms with E-state index in [1.165, 1.54) is 18.2 Å². The molecule has 82 valence electrons. The summed E-state index contributed by atoms with van der Waals surface area (Å²) >= 11 is 0. The molecule has 0 spiro atoms. The number of esters is 1. The Morgan fingerprint density at radius 2 is 2.07 bits per heavy atom. The first kappa shape index (κ1) is 11.7. The van der Waals surface area contributed by atoms with Crippen LogP contribution in [0.2, 0.25) is 0 Å². The molecule has 0 unspecified atom stereocenters. The molecule has 15 heavy (non-hydrogen) atoms. The third-order valence-corrected chi connectivity index (χ3v) is 2.33. The number of carbonyl (C=O) groups excluding carboxylic acids is 1. The second-order valence-electron chi connectivity index (χ2n) is 3.67. The Morgan fingerprint density at radius 3 is 2.67 bits per heavy atom. The lowest BCUT2D eigenvalue weighted by Crippen LogP contribution is -2.26. The normalized spacial score (nSPS) is 10.4. The molecule has 0 fully saturated rings. The van der Waals surface area contributed by atoms with Gasteiger partial charge in [-0.25, -0.2) is 0 Å². The second-order valence-corrected chi connectivity index (χ2v) is 3.67. The quantitative estimate of drug-likeness (QED) is 0.702. The van der Waals surface area contributed by atoms with E-state index < -0.39 is 0 Å². The topological polar surface area (TPSA) is 29.5 Å². The average Bonchev–Trinajstić information content (AvgIpc) is 2.21. The summed E-state index contributed by atoms with van der Waals surface area (Å²) in [5.74, 6) is -0.203. The van der Waals surface area contributed by atoms with E-state index in [0.717, 1.165) is 6.54 Å². The molecule has 0 aromatic heterocycles. The van der Waals surface area contributed by atoms with Gasteiger partial charge in [0.25, 0.3) is 0 Å².